The Morgan fingerprint density at radius 1 is 1.17 bits per heavy atom. The van der Waals surface area contributed by atoms with Gasteiger partial charge in [0.25, 0.3) is 11.8 Å². The fourth-order valence-electron chi connectivity index (χ4n) is 3.96. The van der Waals surface area contributed by atoms with E-state index in [1.165, 1.54) is 6.20 Å². The Morgan fingerprint density at radius 3 is 2.72 bits per heavy atom. The Balaban J connectivity index is 1.55. The largest absolute Gasteiger partial charge is 0.331 e. The number of pyridine rings is 1. The van der Waals surface area contributed by atoms with Crippen molar-refractivity contribution in [3.63, 3.8) is 0 Å². The van der Waals surface area contributed by atoms with Gasteiger partial charge in [0, 0.05) is 41.4 Å². The standard InChI is InChI=1S/C22H23N5O2/c1-14-20(15(2)26-25-14)19-9-5-11-27(19)22(29)16-6-3-8-18(12-16)24-21(28)17-7-4-10-23-13-17/h3-4,6-8,10,12-13,19H,5,9,11H2,1-2H3,(H,24,28)(H,25,26)/t19-/m1/s1. The van der Waals surface area contributed by atoms with Crippen molar-refractivity contribution in [1.29, 1.82) is 0 Å². The number of rotatable bonds is 4. The van der Waals surface area contributed by atoms with E-state index in [1.54, 1.807) is 42.6 Å². The summed E-state index contributed by atoms with van der Waals surface area (Å²) < 4.78 is 0. The van der Waals surface area contributed by atoms with Crippen LogP contribution < -0.4 is 5.32 Å². The van der Waals surface area contributed by atoms with Crippen molar-refractivity contribution < 1.29 is 9.59 Å². The summed E-state index contributed by atoms with van der Waals surface area (Å²) in [5.74, 6) is -0.295. The normalized spacial score (nSPS) is 16.1. The van der Waals surface area contributed by atoms with Crippen molar-refractivity contribution in [1.82, 2.24) is 20.1 Å². The summed E-state index contributed by atoms with van der Waals surface area (Å²) in [7, 11) is 0. The van der Waals surface area contributed by atoms with E-state index < -0.39 is 0 Å². The summed E-state index contributed by atoms with van der Waals surface area (Å²) in [5, 5.41) is 10.1. The average molecular weight is 389 g/mol. The molecule has 4 rings (SSSR count). The summed E-state index contributed by atoms with van der Waals surface area (Å²) in [5.41, 5.74) is 4.65. The predicted octanol–water partition coefficient (Wildman–Crippen LogP) is 3.65. The number of H-pyrrole nitrogens is 1. The smallest absolute Gasteiger partial charge is 0.257 e. The van der Waals surface area contributed by atoms with Gasteiger partial charge in [-0.25, -0.2) is 0 Å². The molecule has 0 saturated carbocycles. The van der Waals surface area contributed by atoms with Gasteiger partial charge in [-0.15, -0.1) is 0 Å². The van der Waals surface area contributed by atoms with Gasteiger partial charge in [0.05, 0.1) is 17.3 Å². The predicted molar refractivity (Wildman–Crippen MR) is 110 cm³/mol. The van der Waals surface area contributed by atoms with Gasteiger partial charge < -0.3 is 10.2 Å². The molecule has 1 fully saturated rings. The van der Waals surface area contributed by atoms with E-state index in [2.05, 4.69) is 20.5 Å². The van der Waals surface area contributed by atoms with E-state index in [1.807, 2.05) is 18.7 Å². The van der Waals surface area contributed by atoms with E-state index in [0.717, 1.165) is 29.8 Å². The monoisotopic (exact) mass is 389 g/mol. The molecule has 7 nitrogen and oxygen atoms in total. The summed E-state index contributed by atoms with van der Waals surface area (Å²) >= 11 is 0. The molecule has 3 aromatic rings. The molecule has 0 radical (unpaired) electrons. The quantitative estimate of drug-likeness (QED) is 0.713. The molecule has 2 amide bonds. The Bertz CT molecular complexity index is 1020. The molecule has 0 spiro atoms. The second-order valence-corrected chi connectivity index (χ2v) is 7.28. The highest BCUT2D eigenvalue weighted by Gasteiger charge is 2.33. The summed E-state index contributed by atoms with van der Waals surface area (Å²) in [6.45, 7) is 4.67. The molecule has 1 saturated heterocycles. The van der Waals surface area contributed by atoms with Gasteiger partial charge >= 0.3 is 0 Å². The van der Waals surface area contributed by atoms with Crippen LogP contribution in [0.2, 0.25) is 0 Å². The maximum absolute atomic E-state index is 13.3. The van der Waals surface area contributed by atoms with Gasteiger partial charge in [0.1, 0.15) is 0 Å². The van der Waals surface area contributed by atoms with Crippen molar-refractivity contribution in [3.8, 4) is 0 Å². The number of benzene rings is 1. The van der Waals surface area contributed by atoms with Gasteiger partial charge in [-0.3, -0.25) is 19.7 Å². The topological polar surface area (TPSA) is 91.0 Å². The summed E-state index contributed by atoms with van der Waals surface area (Å²) in [6.07, 6.45) is 5.00. The van der Waals surface area contributed by atoms with Crippen LogP contribution in [0, 0.1) is 13.8 Å². The molecule has 0 aliphatic carbocycles. The summed E-state index contributed by atoms with van der Waals surface area (Å²) in [6, 6.07) is 10.5. The lowest BCUT2D eigenvalue weighted by Gasteiger charge is -2.25. The van der Waals surface area contributed by atoms with Gasteiger partial charge in [-0.05, 0) is 57.0 Å². The Morgan fingerprint density at radius 2 is 2.00 bits per heavy atom. The molecular formula is C22H23N5O2. The first kappa shape index (κ1) is 18.9. The average Bonchev–Trinajstić information content (AvgIpc) is 3.34. The number of carbonyl (C=O) groups excluding carboxylic acids is 2. The molecular weight excluding hydrogens is 366 g/mol. The number of aryl methyl sites for hydroxylation is 2. The van der Waals surface area contributed by atoms with Crippen LogP contribution >= 0.6 is 0 Å². The molecule has 0 unspecified atom stereocenters. The minimum absolute atomic E-state index is 0.0230. The number of carbonyl (C=O) groups is 2. The minimum atomic E-state index is -0.258. The molecule has 2 aromatic heterocycles. The number of nitrogens with zero attached hydrogens (tertiary/aromatic N) is 3. The maximum atomic E-state index is 13.3. The van der Waals surface area contributed by atoms with E-state index >= 15 is 0 Å². The SMILES string of the molecule is Cc1n[nH]c(C)c1[C@H]1CCCN1C(=O)c1cccc(NC(=O)c2cccnc2)c1. The Kier molecular flexibility index (Phi) is 5.12. The van der Waals surface area contributed by atoms with Gasteiger partial charge in [0.15, 0.2) is 0 Å². The van der Waals surface area contributed by atoms with E-state index in [9.17, 15) is 9.59 Å². The van der Waals surface area contributed by atoms with E-state index in [4.69, 9.17) is 0 Å². The van der Waals surface area contributed by atoms with Crippen LogP contribution in [0.3, 0.4) is 0 Å². The van der Waals surface area contributed by atoms with Crippen LogP contribution in [0.25, 0.3) is 0 Å². The molecule has 29 heavy (non-hydrogen) atoms. The maximum Gasteiger partial charge on any atom is 0.257 e. The van der Waals surface area contributed by atoms with Crippen molar-refractivity contribution >= 4 is 17.5 Å². The molecule has 1 aromatic carbocycles. The molecule has 0 bridgehead atoms. The zero-order chi connectivity index (χ0) is 20.4. The van der Waals surface area contributed by atoms with Crippen molar-refractivity contribution in [2.24, 2.45) is 0 Å². The van der Waals surface area contributed by atoms with Gasteiger partial charge in [0.2, 0.25) is 0 Å². The molecule has 1 aliphatic heterocycles. The molecule has 1 atom stereocenters. The zero-order valence-corrected chi connectivity index (χ0v) is 16.5. The Hall–Kier alpha value is -3.48. The molecule has 148 valence electrons. The van der Waals surface area contributed by atoms with Gasteiger partial charge in [-0.2, -0.15) is 5.10 Å². The Labute approximate surface area is 169 Å². The number of likely N-dealkylation sites (tertiary alicyclic amines) is 1. The first-order valence-electron chi connectivity index (χ1n) is 9.68. The van der Waals surface area contributed by atoms with Crippen molar-refractivity contribution in [2.45, 2.75) is 32.7 Å². The number of nitrogens with one attached hydrogen (secondary N) is 2. The second kappa shape index (κ2) is 7.87. The zero-order valence-electron chi connectivity index (χ0n) is 16.5. The lowest BCUT2D eigenvalue weighted by Crippen LogP contribution is -2.31. The first-order valence-corrected chi connectivity index (χ1v) is 9.68. The van der Waals surface area contributed by atoms with Crippen LogP contribution in [0.4, 0.5) is 5.69 Å². The highest BCUT2D eigenvalue weighted by Crippen LogP contribution is 2.36. The molecule has 2 N–H and O–H groups in total. The number of aromatic amines is 1. The number of aromatic nitrogens is 3. The highest BCUT2D eigenvalue weighted by molar-refractivity contribution is 6.05. The number of hydrogen-bond acceptors (Lipinski definition) is 4. The van der Waals surface area contributed by atoms with Crippen molar-refractivity contribution in [2.75, 3.05) is 11.9 Å². The number of anilines is 1. The lowest BCUT2D eigenvalue weighted by molar-refractivity contribution is 0.0735. The van der Waals surface area contributed by atoms with Crippen LogP contribution in [0.1, 0.15) is 56.6 Å². The van der Waals surface area contributed by atoms with Crippen molar-refractivity contribution in [3.05, 3.63) is 76.9 Å². The van der Waals surface area contributed by atoms with Crippen LogP contribution in [-0.4, -0.2) is 38.4 Å². The van der Waals surface area contributed by atoms with Gasteiger partial charge in [-0.1, -0.05) is 6.07 Å². The minimum Gasteiger partial charge on any atom is -0.331 e. The third kappa shape index (κ3) is 3.76. The molecule has 7 heteroatoms. The fraction of sp³-hybridized carbons (Fsp3) is 0.273. The third-order valence-electron chi connectivity index (χ3n) is 5.32. The first-order chi connectivity index (χ1) is 14.0. The van der Waals surface area contributed by atoms with E-state index in [0.29, 0.717) is 23.4 Å². The van der Waals surface area contributed by atoms with Crippen LogP contribution in [-0.2, 0) is 0 Å². The fourth-order valence-corrected chi connectivity index (χ4v) is 3.96. The number of hydrogen-bond donors (Lipinski definition) is 2. The number of amides is 2. The lowest BCUT2D eigenvalue weighted by atomic mass is 10.0. The van der Waals surface area contributed by atoms with Crippen LogP contribution in [0.5, 0.6) is 0 Å². The second-order valence-electron chi connectivity index (χ2n) is 7.28. The summed E-state index contributed by atoms with van der Waals surface area (Å²) in [4.78, 5) is 31.5. The molecule has 1 aliphatic rings. The third-order valence-corrected chi connectivity index (χ3v) is 5.32. The van der Waals surface area contributed by atoms with Crippen LogP contribution in [0.15, 0.2) is 48.8 Å². The highest BCUT2D eigenvalue weighted by atomic mass is 16.2. The molecule has 3 heterocycles. The van der Waals surface area contributed by atoms with E-state index in [-0.39, 0.29) is 17.9 Å².